The van der Waals surface area contributed by atoms with E-state index in [1.54, 1.807) is 24.1 Å². The number of hydrogen-bond donors (Lipinski definition) is 2. The fourth-order valence-corrected chi connectivity index (χ4v) is 3.93. The Morgan fingerprint density at radius 1 is 1.26 bits per heavy atom. The average molecular weight is 461 g/mol. The smallest absolute Gasteiger partial charge is 0.271 e. The number of benzene rings is 2. The number of carbonyl (C=O) groups excluding carboxylic acids is 2. The molecule has 2 N–H and O–H groups in total. The predicted molar refractivity (Wildman–Crippen MR) is 121 cm³/mol. The van der Waals surface area contributed by atoms with E-state index in [1.165, 1.54) is 19.1 Å². The molecule has 4 aromatic rings. The van der Waals surface area contributed by atoms with Crippen molar-refractivity contribution in [3.63, 3.8) is 0 Å². The van der Waals surface area contributed by atoms with Crippen molar-refractivity contribution >= 4 is 34.1 Å². The molecule has 1 atom stereocenters. The number of amides is 1. The summed E-state index contributed by atoms with van der Waals surface area (Å²) >= 11 is 0. The molecule has 3 heterocycles. The van der Waals surface area contributed by atoms with E-state index in [1.807, 2.05) is 12.1 Å². The number of nitro groups is 1. The topological polar surface area (TPSA) is 160 Å². The molecule has 0 spiro atoms. The van der Waals surface area contributed by atoms with Crippen molar-refractivity contribution < 1.29 is 19.0 Å². The number of fused-ring (bicyclic) bond motifs is 2. The zero-order chi connectivity index (χ0) is 24.0. The fraction of sp³-hybridized carbons (Fsp3) is 0.227. The van der Waals surface area contributed by atoms with Gasteiger partial charge in [-0.2, -0.15) is 4.98 Å². The number of rotatable bonds is 5. The Morgan fingerprint density at radius 2 is 2.09 bits per heavy atom. The van der Waals surface area contributed by atoms with Crippen LogP contribution in [0.2, 0.25) is 0 Å². The molecule has 1 unspecified atom stereocenters. The third-order valence-corrected chi connectivity index (χ3v) is 5.57. The number of Topliss-reactive ketones (excluding diaryl/α,β-unsaturated/α-hetero) is 1. The maximum absolute atomic E-state index is 12.6. The van der Waals surface area contributed by atoms with Crippen molar-refractivity contribution in [1.29, 1.82) is 0 Å². The van der Waals surface area contributed by atoms with E-state index in [2.05, 4.69) is 25.4 Å². The van der Waals surface area contributed by atoms with Gasteiger partial charge in [0.25, 0.3) is 11.6 Å². The Bertz CT molecular complexity index is 1460. The van der Waals surface area contributed by atoms with Gasteiger partial charge in [0.2, 0.25) is 11.7 Å². The summed E-state index contributed by atoms with van der Waals surface area (Å²) in [4.78, 5) is 48.1. The van der Waals surface area contributed by atoms with Gasteiger partial charge in [0, 0.05) is 43.4 Å². The molecular weight excluding hydrogens is 442 g/mol. The second-order valence-corrected chi connectivity index (χ2v) is 8.14. The number of non-ortho nitro benzene ring substituents is 1. The van der Waals surface area contributed by atoms with Crippen LogP contribution in [-0.4, -0.2) is 54.7 Å². The minimum atomic E-state index is -0.617. The molecule has 0 fully saturated rings. The summed E-state index contributed by atoms with van der Waals surface area (Å²) in [6.45, 7) is 1.81. The number of nitrogens with zero attached hydrogens (tertiary/aromatic N) is 5. The minimum absolute atomic E-state index is 0.0518. The Hall–Kier alpha value is -4.61. The van der Waals surface area contributed by atoms with Crippen molar-refractivity contribution in [1.82, 2.24) is 25.0 Å². The largest absolute Gasteiger partial charge is 0.373 e. The molecule has 1 aliphatic rings. The Morgan fingerprint density at radius 3 is 2.85 bits per heavy atom. The first kappa shape index (κ1) is 21.2. The number of likely N-dealkylation sites (N-methyl/N-ethyl adjacent to an activating group) is 1. The van der Waals surface area contributed by atoms with Gasteiger partial charge < -0.3 is 19.7 Å². The van der Waals surface area contributed by atoms with Crippen molar-refractivity contribution in [3.8, 4) is 23.1 Å². The van der Waals surface area contributed by atoms with Crippen LogP contribution >= 0.6 is 0 Å². The van der Waals surface area contributed by atoms with Gasteiger partial charge in [-0.25, -0.2) is 4.98 Å². The number of H-pyrrole nitrogens is 1. The highest BCUT2D eigenvalue weighted by molar-refractivity contribution is 5.91. The summed E-state index contributed by atoms with van der Waals surface area (Å²) in [7, 11) is 1.69. The van der Waals surface area contributed by atoms with Crippen molar-refractivity contribution in [2.45, 2.75) is 25.9 Å². The molecule has 12 heteroatoms. The van der Waals surface area contributed by atoms with E-state index < -0.39 is 11.0 Å². The highest BCUT2D eigenvalue weighted by Gasteiger charge is 2.28. The van der Waals surface area contributed by atoms with Crippen molar-refractivity contribution in [2.24, 2.45) is 0 Å². The van der Waals surface area contributed by atoms with E-state index in [4.69, 9.17) is 4.52 Å². The number of aromatic amines is 1. The highest BCUT2D eigenvalue weighted by atomic mass is 16.6. The van der Waals surface area contributed by atoms with Crippen LogP contribution in [0.4, 0.5) is 11.4 Å². The Kier molecular flexibility index (Phi) is 5.04. The molecule has 34 heavy (non-hydrogen) atoms. The number of hydrogen-bond acceptors (Lipinski definition) is 9. The van der Waals surface area contributed by atoms with Gasteiger partial charge in [-0.15, -0.1) is 0 Å². The zero-order valence-corrected chi connectivity index (χ0v) is 18.2. The van der Waals surface area contributed by atoms with Gasteiger partial charge in [-0.1, -0.05) is 5.16 Å². The van der Waals surface area contributed by atoms with Crippen LogP contribution in [0.3, 0.4) is 0 Å². The van der Waals surface area contributed by atoms with Gasteiger partial charge >= 0.3 is 0 Å². The summed E-state index contributed by atoms with van der Waals surface area (Å²) < 4.78 is 5.43. The molecule has 0 saturated carbocycles. The number of ketones is 1. The molecule has 1 amide bonds. The molecule has 2 aromatic carbocycles. The number of anilines is 1. The molecule has 0 aliphatic carbocycles. The van der Waals surface area contributed by atoms with E-state index in [0.717, 1.165) is 11.3 Å². The monoisotopic (exact) mass is 461 g/mol. The summed E-state index contributed by atoms with van der Waals surface area (Å²) in [5.41, 5.74) is 3.22. The molecule has 12 nitrogen and oxygen atoms in total. The Labute approximate surface area is 192 Å². The first-order valence-corrected chi connectivity index (χ1v) is 10.4. The molecule has 5 rings (SSSR count). The molecule has 2 aromatic heterocycles. The molecule has 0 radical (unpaired) electrons. The number of imidazole rings is 1. The first-order valence-electron chi connectivity index (χ1n) is 10.4. The second-order valence-electron chi connectivity index (χ2n) is 8.14. The predicted octanol–water partition coefficient (Wildman–Crippen LogP) is 2.92. The van der Waals surface area contributed by atoms with Gasteiger partial charge in [0.15, 0.2) is 5.82 Å². The lowest BCUT2D eigenvalue weighted by atomic mass is 10.1. The van der Waals surface area contributed by atoms with Crippen LogP contribution in [0.5, 0.6) is 0 Å². The third kappa shape index (κ3) is 3.85. The SMILES string of the molecule is CC(=O)CC1Nc2ccc(-c3nc(-c4nc5ccc([N+](=O)[O-])cc5[nH]4)no3)cc2CN(C)C1=O. The summed E-state index contributed by atoms with van der Waals surface area (Å²) in [5, 5.41) is 18.2. The van der Waals surface area contributed by atoms with E-state index in [-0.39, 0.29) is 35.5 Å². The number of carbonyl (C=O) groups is 2. The van der Waals surface area contributed by atoms with E-state index >= 15 is 0 Å². The standard InChI is InChI=1S/C22H19N7O5/c1-11(30)7-18-22(31)28(2)10-13-8-12(3-5-15(13)23-18)21-26-20(27-34-21)19-24-16-6-4-14(29(32)33)9-17(16)25-19/h3-6,8-9,18,23H,7,10H2,1-2H3,(H,24,25). The quantitative estimate of drug-likeness (QED) is 0.336. The lowest BCUT2D eigenvalue weighted by molar-refractivity contribution is -0.384. The first-order chi connectivity index (χ1) is 16.3. The van der Waals surface area contributed by atoms with Crippen LogP contribution in [0, 0.1) is 10.1 Å². The lowest BCUT2D eigenvalue weighted by Gasteiger charge is -2.19. The fourth-order valence-electron chi connectivity index (χ4n) is 3.93. The Balaban J connectivity index is 1.44. The molecule has 0 saturated heterocycles. The van der Waals surface area contributed by atoms with Gasteiger partial charge in [-0.3, -0.25) is 19.7 Å². The van der Waals surface area contributed by atoms with Crippen LogP contribution in [0.25, 0.3) is 34.1 Å². The molecule has 0 bridgehead atoms. The summed E-state index contributed by atoms with van der Waals surface area (Å²) in [6.07, 6.45) is 0.109. The normalized spacial score (nSPS) is 15.6. The van der Waals surface area contributed by atoms with Gasteiger partial charge in [0.1, 0.15) is 11.8 Å². The molecular formula is C22H19N7O5. The zero-order valence-electron chi connectivity index (χ0n) is 18.2. The highest BCUT2D eigenvalue weighted by Crippen LogP contribution is 2.30. The van der Waals surface area contributed by atoms with Crippen LogP contribution in [0.1, 0.15) is 18.9 Å². The van der Waals surface area contributed by atoms with Crippen LogP contribution in [0.15, 0.2) is 40.9 Å². The van der Waals surface area contributed by atoms with Crippen molar-refractivity contribution in [3.05, 3.63) is 52.1 Å². The maximum Gasteiger partial charge on any atom is 0.271 e. The van der Waals surface area contributed by atoms with E-state index in [9.17, 15) is 19.7 Å². The van der Waals surface area contributed by atoms with Gasteiger partial charge in [-0.05, 0) is 36.8 Å². The second kappa shape index (κ2) is 8.06. The van der Waals surface area contributed by atoms with E-state index in [0.29, 0.717) is 29.0 Å². The number of aromatic nitrogens is 4. The van der Waals surface area contributed by atoms with Crippen LogP contribution in [-0.2, 0) is 16.1 Å². The third-order valence-electron chi connectivity index (χ3n) is 5.57. The van der Waals surface area contributed by atoms with Crippen LogP contribution < -0.4 is 5.32 Å². The van der Waals surface area contributed by atoms with Crippen molar-refractivity contribution in [2.75, 3.05) is 12.4 Å². The molecule has 1 aliphatic heterocycles. The number of nitro benzene ring substituents is 1. The maximum atomic E-state index is 12.6. The lowest BCUT2D eigenvalue weighted by Crippen LogP contribution is -2.39. The molecule has 172 valence electrons. The number of nitrogens with one attached hydrogen (secondary N) is 2. The summed E-state index contributed by atoms with van der Waals surface area (Å²) in [6, 6.07) is 9.14. The van der Waals surface area contributed by atoms with Gasteiger partial charge in [0.05, 0.1) is 16.0 Å². The summed E-state index contributed by atoms with van der Waals surface area (Å²) in [5.74, 6) is 0.550. The minimum Gasteiger partial charge on any atom is -0.373 e. The average Bonchev–Trinajstić information content (AvgIpc) is 3.43.